The van der Waals surface area contributed by atoms with Crippen molar-refractivity contribution in [2.24, 2.45) is 0 Å². The van der Waals surface area contributed by atoms with Gasteiger partial charge in [0.2, 0.25) is 0 Å². The molecule has 0 aliphatic heterocycles. The topological polar surface area (TPSA) is 54.4 Å². The summed E-state index contributed by atoms with van der Waals surface area (Å²) < 4.78 is 0.744. The number of hydrogen-bond donors (Lipinski definition) is 1. The highest BCUT2D eigenvalue weighted by Crippen LogP contribution is 2.36. The van der Waals surface area contributed by atoms with E-state index in [1.807, 2.05) is 42.5 Å². The van der Waals surface area contributed by atoms with Gasteiger partial charge in [-0.15, -0.1) is 0 Å². The molecule has 1 atom stereocenters. The van der Waals surface area contributed by atoms with E-state index in [1.165, 1.54) is 18.3 Å². The minimum atomic E-state index is -0.429. The van der Waals surface area contributed by atoms with E-state index in [9.17, 15) is 14.7 Å². The zero-order chi connectivity index (χ0) is 16.4. The second-order valence-corrected chi connectivity index (χ2v) is 6.55. The summed E-state index contributed by atoms with van der Waals surface area (Å²) in [5.74, 6) is -0.446. The number of ketones is 1. The lowest BCUT2D eigenvalue weighted by molar-refractivity contribution is -0.117. The standard InChI is InChI=1S/C19H16O3S/c1-12(20)11-15(13-7-3-2-4-8-13)17-18(21)14-9-5-6-10-16(14)23-19(17)22/h2-10,15,22H,11H2,1H3/t15-/m1/s1. The summed E-state index contributed by atoms with van der Waals surface area (Å²) in [6.07, 6.45) is 0.192. The van der Waals surface area contributed by atoms with E-state index in [4.69, 9.17) is 0 Å². The first-order chi connectivity index (χ1) is 11.1. The number of fused-ring (bicyclic) bond motifs is 1. The van der Waals surface area contributed by atoms with Crippen LogP contribution in [0.5, 0.6) is 5.06 Å². The lowest BCUT2D eigenvalue weighted by Crippen LogP contribution is -2.16. The fraction of sp³-hybridized carbons (Fsp3) is 0.158. The summed E-state index contributed by atoms with van der Waals surface area (Å²) >= 11 is 1.18. The van der Waals surface area contributed by atoms with Crippen LogP contribution in [0.2, 0.25) is 0 Å². The molecule has 0 spiro atoms. The first kappa shape index (κ1) is 15.4. The van der Waals surface area contributed by atoms with Crippen molar-refractivity contribution >= 4 is 27.2 Å². The van der Waals surface area contributed by atoms with E-state index in [0.29, 0.717) is 10.9 Å². The van der Waals surface area contributed by atoms with Crippen molar-refractivity contribution < 1.29 is 9.90 Å². The van der Waals surface area contributed by atoms with Crippen LogP contribution < -0.4 is 5.43 Å². The van der Waals surface area contributed by atoms with Gasteiger partial charge in [0, 0.05) is 22.4 Å². The van der Waals surface area contributed by atoms with Crippen LogP contribution in [0.15, 0.2) is 59.4 Å². The molecule has 3 aromatic rings. The average molecular weight is 324 g/mol. The number of aromatic hydroxyl groups is 1. The summed E-state index contributed by atoms with van der Waals surface area (Å²) in [7, 11) is 0. The van der Waals surface area contributed by atoms with Gasteiger partial charge in [0.15, 0.2) is 10.5 Å². The van der Waals surface area contributed by atoms with Gasteiger partial charge in [0.1, 0.15) is 5.78 Å². The van der Waals surface area contributed by atoms with Crippen molar-refractivity contribution in [3.63, 3.8) is 0 Å². The summed E-state index contributed by atoms with van der Waals surface area (Å²) in [5, 5.41) is 11.0. The molecule has 2 aromatic carbocycles. The molecule has 3 nitrogen and oxygen atoms in total. The van der Waals surface area contributed by atoms with Crippen molar-refractivity contribution in [3.05, 3.63) is 75.9 Å². The predicted molar refractivity (Wildman–Crippen MR) is 93.3 cm³/mol. The minimum absolute atomic E-state index is 0.0104. The molecule has 0 bridgehead atoms. The molecule has 0 aliphatic rings. The molecule has 0 saturated heterocycles. The molecular formula is C19H16O3S. The van der Waals surface area contributed by atoms with Gasteiger partial charge < -0.3 is 5.11 Å². The van der Waals surface area contributed by atoms with E-state index in [-0.39, 0.29) is 22.7 Å². The van der Waals surface area contributed by atoms with Gasteiger partial charge in [0.05, 0.1) is 5.56 Å². The number of Topliss-reactive ketones (excluding diaryl/α,β-unsaturated/α-hetero) is 1. The predicted octanol–water partition coefficient (Wildman–Crippen LogP) is 4.08. The van der Waals surface area contributed by atoms with Gasteiger partial charge >= 0.3 is 0 Å². The Balaban J connectivity index is 2.26. The van der Waals surface area contributed by atoms with E-state index in [2.05, 4.69) is 0 Å². The Kier molecular flexibility index (Phi) is 4.26. The van der Waals surface area contributed by atoms with E-state index >= 15 is 0 Å². The largest absolute Gasteiger partial charge is 0.499 e. The third-order valence-corrected chi connectivity index (χ3v) is 4.84. The SMILES string of the molecule is CC(=O)C[C@H](c1ccccc1)c1c(O)sc2ccccc2c1=O. The molecule has 23 heavy (non-hydrogen) atoms. The molecule has 3 rings (SSSR count). The summed E-state index contributed by atoms with van der Waals surface area (Å²) in [4.78, 5) is 24.6. The average Bonchev–Trinajstić information content (AvgIpc) is 2.54. The van der Waals surface area contributed by atoms with Crippen LogP contribution in [0.25, 0.3) is 10.1 Å². The Morgan fingerprint density at radius 3 is 2.43 bits per heavy atom. The van der Waals surface area contributed by atoms with Crippen LogP contribution in [0.1, 0.15) is 30.4 Å². The highest BCUT2D eigenvalue weighted by molar-refractivity contribution is 7.20. The van der Waals surface area contributed by atoms with Gasteiger partial charge in [-0.25, -0.2) is 0 Å². The maximum absolute atomic E-state index is 12.9. The van der Waals surface area contributed by atoms with Gasteiger partial charge in [-0.1, -0.05) is 53.8 Å². The second-order valence-electron chi connectivity index (χ2n) is 5.52. The molecule has 0 radical (unpaired) electrons. The number of rotatable bonds is 4. The van der Waals surface area contributed by atoms with Crippen LogP contribution in [0.3, 0.4) is 0 Å². The molecule has 4 heteroatoms. The molecule has 0 aliphatic carbocycles. The Labute approximate surface area is 137 Å². The first-order valence-electron chi connectivity index (χ1n) is 7.37. The van der Waals surface area contributed by atoms with Crippen molar-refractivity contribution in [2.45, 2.75) is 19.3 Å². The minimum Gasteiger partial charge on any atom is -0.499 e. The lowest BCUT2D eigenvalue weighted by atomic mass is 9.88. The zero-order valence-corrected chi connectivity index (χ0v) is 13.5. The van der Waals surface area contributed by atoms with E-state index in [1.54, 1.807) is 12.1 Å². The Morgan fingerprint density at radius 2 is 1.74 bits per heavy atom. The maximum Gasteiger partial charge on any atom is 0.195 e. The Morgan fingerprint density at radius 1 is 1.09 bits per heavy atom. The van der Waals surface area contributed by atoms with E-state index in [0.717, 1.165) is 10.3 Å². The van der Waals surface area contributed by atoms with Crippen molar-refractivity contribution in [1.29, 1.82) is 0 Å². The molecule has 0 saturated carbocycles. The van der Waals surface area contributed by atoms with Gasteiger partial charge in [0.25, 0.3) is 0 Å². The summed E-state index contributed by atoms with van der Waals surface area (Å²) in [6.45, 7) is 1.50. The van der Waals surface area contributed by atoms with Gasteiger partial charge in [-0.3, -0.25) is 9.59 Å². The first-order valence-corrected chi connectivity index (χ1v) is 8.18. The Bertz CT molecular complexity index is 913. The second kappa shape index (κ2) is 6.34. The number of carbonyl (C=O) groups is 1. The highest BCUT2D eigenvalue weighted by Gasteiger charge is 2.24. The lowest BCUT2D eigenvalue weighted by Gasteiger charge is -2.17. The number of carbonyl (C=O) groups excluding carboxylic acids is 1. The molecular weight excluding hydrogens is 308 g/mol. The van der Waals surface area contributed by atoms with Gasteiger partial charge in [-0.05, 0) is 24.6 Å². The fourth-order valence-electron chi connectivity index (χ4n) is 2.81. The Hall–Kier alpha value is -2.46. The van der Waals surface area contributed by atoms with Crippen LogP contribution in [-0.4, -0.2) is 10.9 Å². The molecule has 0 amide bonds. The maximum atomic E-state index is 12.9. The fourth-order valence-corrected chi connectivity index (χ4v) is 3.78. The van der Waals surface area contributed by atoms with Crippen LogP contribution in [0.4, 0.5) is 0 Å². The molecule has 116 valence electrons. The molecule has 1 heterocycles. The van der Waals surface area contributed by atoms with Crippen molar-refractivity contribution in [2.75, 3.05) is 0 Å². The van der Waals surface area contributed by atoms with Crippen LogP contribution in [-0.2, 0) is 4.79 Å². The zero-order valence-electron chi connectivity index (χ0n) is 12.7. The summed E-state index contributed by atoms with van der Waals surface area (Å²) in [6, 6.07) is 16.6. The smallest absolute Gasteiger partial charge is 0.195 e. The number of hydrogen-bond acceptors (Lipinski definition) is 4. The molecule has 0 unspecified atom stereocenters. The third kappa shape index (κ3) is 3.03. The molecule has 1 aromatic heterocycles. The summed E-state index contributed by atoms with van der Waals surface area (Å²) in [5.41, 5.74) is 0.972. The molecule has 0 fully saturated rings. The van der Waals surface area contributed by atoms with Crippen LogP contribution >= 0.6 is 11.3 Å². The van der Waals surface area contributed by atoms with Gasteiger partial charge in [-0.2, -0.15) is 0 Å². The normalized spacial score (nSPS) is 12.2. The molecule has 1 N–H and O–H groups in total. The quantitative estimate of drug-likeness (QED) is 0.787. The highest BCUT2D eigenvalue weighted by atomic mass is 32.1. The third-order valence-electron chi connectivity index (χ3n) is 3.86. The van der Waals surface area contributed by atoms with E-state index < -0.39 is 5.92 Å². The van der Waals surface area contributed by atoms with Crippen molar-refractivity contribution in [1.82, 2.24) is 0 Å². The van der Waals surface area contributed by atoms with Crippen molar-refractivity contribution in [3.8, 4) is 5.06 Å². The monoisotopic (exact) mass is 324 g/mol. The van der Waals surface area contributed by atoms with Crippen LogP contribution in [0, 0.1) is 0 Å². The number of benzene rings is 2.